The summed E-state index contributed by atoms with van der Waals surface area (Å²) in [5.74, 6) is 0.725. The SMILES string of the molecule is O=C(Nc1ccc(C(F)(F)F)cc1)Nc1c[nH]c2ncc(CC3CC3)cc12. The van der Waals surface area contributed by atoms with Crippen LogP contribution in [-0.4, -0.2) is 16.0 Å². The number of carbonyl (C=O) groups excluding carboxylic acids is 1. The molecular weight excluding hydrogens is 357 g/mol. The zero-order valence-corrected chi connectivity index (χ0v) is 14.2. The van der Waals surface area contributed by atoms with Gasteiger partial charge in [0.1, 0.15) is 5.65 Å². The number of hydrogen-bond acceptors (Lipinski definition) is 2. The Morgan fingerprint density at radius 2 is 1.93 bits per heavy atom. The maximum absolute atomic E-state index is 12.6. The van der Waals surface area contributed by atoms with Crippen molar-refractivity contribution in [3.8, 4) is 0 Å². The average molecular weight is 374 g/mol. The molecular formula is C19H17F3N4O. The Labute approximate surface area is 153 Å². The summed E-state index contributed by atoms with van der Waals surface area (Å²) in [6.45, 7) is 0. The third-order valence-corrected chi connectivity index (χ3v) is 4.53. The van der Waals surface area contributed by atoms with Crippen molar-refractivity contribution in [2.75, 3.05) is 10.6 Å². The number of aromatic nitrogens is 2. The first-order chi connectivity index (χ1) is 12.9. The summed E-state index contributed by atoms with van der Waals surface area (Å²) in [7, 11) is 0. The molecule has 0 spiro atoms. The van der Waals surface area contributed by atoms with Crippen LogP contribution in [0.2, 0.25) is 0 Å². The Morgan fingerprint density at radius 1 is 1.19 bits per heavy atom. The number of fused-ring (bicyclic) bond motifs is 1. The van der Waals surface area contributed by atoms with E-state index in [0.717, 1.165) is 35.4 Å². The molecule has 0 bridgehead atoms. The van der Waals surface area contributed by atoms with E-state index in [9.17, 15) is 18.0 Å². The second-order valence-electron chi connectivity index (χ2n) is 6.74. The number of rotatable bonds is 4. The van der Waals surface area contributed by atoms with Crippen molar-refractivity contribution >= 4 is 28.4 Å². The zero-order valence-electron chi connectivity index (χ0n) is 14.2. The van der Waals surface area contributed by atoms with Crippen molar-refractivity contribution in [2.24, 2.45) is 5.92 Å². The predicted molar refractivity (Wildman–Crippen MR) is 96.6 cm³/mol. The van der Waals surface area contributed by atoms with Gasteiger partial charge in [-0.05, 0) is 61.1 Å². The van der Waals surface area contributed by atoms with E-state index in [1.807, 2.05) is 12.3 Å². The van der Waals surface area contributed by atoms with E-state index in [-0.39, 0.29) is 5.69 Å². The number of H-pyrrole nitrogens is 1. The highest BCUT2D eigenvalue weighted by Gasteiger charge is 2.30. The van der Waals surface area contributed by atoms with Crippen LogP contribution in [0.4, 0.5) is 29.3 Å². The molecule has 140 valence electrons. The number of alkyl halides is 3. The molecule has 8 heteroatoms. The maximum Gasteiger partial charge on any atom is 0.416 e. The third-order valence-electron chi connectivity index (χ3n) is 4.53. The molecule has 0 atom stereocenters. The van der Waals surface area contributed by atoms with E-state index in [1.54, 1.807) is 6.20 Å². The number of aromatic amines is 1. The fraction of sp³-hybridized carbons (Fsp3) is 0.263. The Kier molecular flexibility index (Phi) is 4.25. The summed E-state index contributed by atoms with van der Waals surface area (Å²) in [5.41, 5.74) is 1.86. The van der Waals surface area contributed by atoms with Crippen LogP contribution in [0, 0.1) is 5.92 Å². The number of carbonyl (C=O) groups is 1. The highest BCUT2D eigenvalue weighted by Crippen LogP contribution is 2.33. The number of pyridine rings is 1. The lowest BCUT2D eigenvalue weighted by molar-refractivity contribution is -0.137. The molecule has 1 aliphatic rings. The number of benzene rings is 1. The predicted octanol–water partition coefficient (Wildman–Crippen LogP) is 5.18. The minimum absolute atomic E-state index is 0.271. The molecule has 1 aromatic carbocycles. The molecule has 0 saturated heterocycles. The molecule has 0 aliphatic heterocycles. The molecule has 1 fully saturated rings. The molecule has 1 saturated carbocycles. The fourth-order valence-electron chi connectivity index (χ4n) is 2.94. The number of hydrogen-bond donors (Lipinski definition) is 3. The number of urea groups is 1. The van der Waals surface area contributed by atoms with Gasteiger partial charge in [0.15, 0.2) is 0 Å². The van der Waals surface area contributed by atoms with Crippen molar-refractivity contribution in [1.82, 2.24) is 9.97 Å². The number of halogens is 3. The van der Waals surface area contributed by atoms with E-state index < -0.39 is 17.8 Å². The molecule has 0 radical (unpaired) electrons. The number of anilines is 2. The van der Waals surface area contributed by atoms with Gasteiger partial charge in [-0.25, -0.2) is 9.78 Å². The summed E-state index contributed by atoms with van der Waals surface area (Å²) >= 11 is 0. The Hall–Kier alpha value is -3.03. The van der Waals surface area contributed by atoms with E-state index in [2.05, 4.69) is 20.6 Å². The van der Waals surface area contributed by atoms with Crippen molar-refractivity contribution in [1.29, 1.82) is 0 Å². The quantitative estimate of drug-likeness (QED) is 0.589. The van der Waals surface area contributed by atoms with Gasteiger partial charge < -0.3 is 15.6 Å². The number of nitrogens with zero attached hydrogens (tertiary/aromatic N) is 1. The average Bonchev–Trinajstić information content (AvgIpc) is 3.35. The molecule has 2 heterocycles. The normalized spacial score (nSPS) is 14.3. The maximum atomic E-state index is 12.6. The first-order valence-corrected chi connectivity index (χ1v) is 8.60. The van der Waals surface area contributed by atoms with Gasteiger partial charge in [0.2, 0.25) is 0 Å². The third kappa shape index (κ3) is 4.05. The highest BCUT2D eigenvalue weighted by atomic mass is 19.4. The van der Waals surface area contributed by atoms with Crippen molar-refractivity contribution in [3.05, 3.63) is 53.9 Å². The summed E-state index contributed by atoms with van der Waals surface area (Å²) in [6, 6.07) is 5.75. The fourth-order valence-corrected chi connectivity index (χ4v) is 2.94. The first kappa shape index (κ1) is 17.4. The molecule has 1 aliphatic carbocycles. The van der Waals surface area contributed by atoms with E-state index in [1.165, 1.54) is 25.0 Å². The van der Waals surface area contributed by atoms with Crippen LogP contribution in [0.1, 0.15) is 24.0 Å². The standard InChI is InChI=1S/C19H17F3N4O/c20-19(21,22)13-3-5-14(6-4-13)25-18(27)26-16-10-24-17-15(16)8-12(9-23-17)7-11-1-2-11/h3-6,8-11H,1-2,7H2,(H,23,24)(H2,25,26,27). The number of nitrogens with one attached hydrogen (secondary N) is 3. The van der Waals surface area contributed by atoms with Gasteiger partial charge in [-0.3, -0.25) is 0 Å². The van der Waals surface area contributed by atoms with E-state index in [4.69, 9.17) is 0 Å². The summed E-state index contributed by atoms with van der Waals surface area (Å²) in [4.78, 5) is 19.6. The van der Waals surface area contributed by atoms with Gasteiger partial charge >= 0.3 is 12.2 Å². The van der Waals surface area contributed by atoms with Gasteiger partial charge in [0, 0.05) is 23.5 Å². The topological polar surface area (TPSA) is 69.8 Å². The molecule has 27 heavy (non-hydrogen) atoms. The minimum atomic E-state index is -4.41. The second-order valence-corrected chi connectivity index (χ2v) is 6.74. The molecule has 3 aromatic rings. The van der Waals surface area contributed by atoms with Gasteiger partial charge in [-0.1, -0.05) is 0 Å². The van der Waals surface area contributed by atoms with Crippen molar-refractivity contribution in [2.45, 2.75) is 25.4 Å². The van der Waals surface area contributed by atoms with Gasteiger partial charge in [-0.15, -0.1) is 0 Å². The molecule has 4 rings (SSSR count). The number of amides is 2. The summed E-state index contributed by atoms with van der Waals surface area (Å²) < 4.78 is 37.8. The van der Waals surface area contributed by atoms with Crippen LogP contribution in [0.3, 0.4) is 0 Å². The lowest BCUT2D eigenvalue weighted by atomic mass is 10.1. The van der Waals surface area contributed by atoms with Gasteiger partial charge in [0.25, 0.3) is 0 Å². The monoisotopic (exact) mass is 374 g/mol. The molecule has 0 unspecified atom stereocenters. The van der Waals surface area contributed by atoms with Crippen LogP contribution < -0.4 is 10.6 Å². The lowest BCUT2D eigenvalue weighted by Crippen LogP contribution is -2.19. The largest absolute Gasteiger partial charge is 0.416 e. The molecule has 5 nitrogen and oxygen atoms in total. The van der Waals surface area contributed by atoms with Gasteiger partial charge in [-0.2, -0.15) is 13.2 Å². The lowest BCUT2D eigenvalue weighted by Gasteiger charge is -2.09. The van der Waals surface area contributed by atoms with Crippen LogP contribution in [0.15, 0.2) is 42.7 Å². The molecule has 2 aromatic heterocycles. The van der Waals surface area contributed by atoms with Gasteiger partial charge in [0.05, 0.1) is 11.3 Å². The van der Waals surface area contributed by atoms with Crippen molar-refractivity contribution < 1.29 is 18.0 Å². The Bertz CT molecular complexity index is 975. The first-order valence-electron chi connectivity index (χ1n) is 8.60. The summed E-state index contributed by atoms with van der Waals surface area (Å²) in [5, 5.41) is 6.04. The Balaban J connectivity index is 1.45. The van der Waals surface area contributed by atoms with Crippen LogP contribution in [0.25, 0.3) is 11.0 Å². The minimum Gasteiger partial charge on any atom is -0.344 e. The van der Waals surface area contributed by atoms with Crippen LogP contribution >= 0.6 is 0 Å². The molecule has 2 amide bonds. The van der Waals surface area contributed by atoms with E-state index in [0.29, 0.717) is 11.3 Å². The zero-order chi connectivity index (χ0) is 19.0. The van der Waals surface area contributed by atoms with Crippen LogP contribution in [-0.2, 0) is 12.6 Å². The molecule has 3 N–H and O–H groups in total. The van der Waals surface area contributed by atoms with Crippen LogP contribution in [0.5, 0.6) is 0 Å². The van der Waals surface area contributed by atoms with Crippen molar-refractivity contribution in [3.63, 3.8) is 0 Å². The highest BCUT2D eigenvalue weighted by molar-refractivity contribution is 6.05. The summed E-state index contributed by atoms with van der Waals surface area (Å²) in [6.07, 6.45) is 2.53. The Morgan fingerprint density at radius 3 is 2.59 bits per heavy atom. The second kappa shape index (κ2) is 6.61. The van der Waals surface area contributed by atoms with E-state index >= 15 is 0 Å². The smallest absolute Gasteiger partial charge is 0.344 e.